The zero-order chi connectivity index (χ0) is 24.7. The number of hydrogen-bond acceptors (Lipinski definition) is 4. The van der Waals surface area contributed by atoms with Crippen LogP contribution in [-0.4, -0.2) is 36.2 Å². The molecule has 11 heteroatoms. The van der Waals surface area contributed by atoms with Gasteiger partial charge in [-0.25, -0.2) is 14.1 Å². The normalized spacial score (nSPS) is 13.8. The van der Waals surface area contributed by atoms with E-state index in [1.54, 1.807) is 23.1 Å². The second kappa shape index (κ2) is 8.64. The van der Waals surface area contributed by atoms with Crippen LogP contribution in [0.4, 0.5) is 17.6 Å². The second-order valence-electron chi connectivity index (χ2n) is 8.36. The summed E-state index contributed by atoms with van der Waals surface area (Å²) in [5.41, 5.74) is -0.851. The van der Waals surface area contributed by atoms with E-state index in [1.807, 2.05) is 0 Å². The van der Waals surface area contributed by atoms with Crippen molar-refractivity contribution in [1.29, 1.82) is 0 Å². The Morgan fingerprint density at radius 2 is 1.89 bits per heavy atom. The first-order valence-electron chi connectivity index (χ1n) is 10.9. The summed E-state index contributed by atoms with van der Waals surface area (Å²) in [6, 6.07) is 10.7. The minimum Gasteiger partial charge on any atom is -0.334 e. The minimum atomic E-state index is -4.53. The number of alkyl halides is 3. The predicted molar refractivity (Wildman–Crippen MR) is 118 cm³/mol. The van der Waals surface area contributed by atoms with Crippen molar-refractivity contribution in [2.45, 2.75) is 38.1 Å². The summed E-state index contributed by atoms with van der Waals surface area (Å²) in [6.45, 7) is -0.213. The molecule has 5 rings (SSSR count). The summed E-state index contributed by atoms with van der Waals surface area (Å²) in [5, 5.41) is 4.11. The molecule has 0 aliphatic heterocycles. The van der Waals surface area contributed by atoms with Crippen LogP contribution in [0.5, 0.6) is 0 Å². The van der Waals surface area contributed by atoms with Gasteiger partial charge in [0.05, 0.1) is 17.4 Å². The van der Waals surface area contributed by atoms with Crippen LogP contribution >= 0.6 is 0 Å². The summed E-state index contributed by atoms with van der Waals surface area (Å²) >= 11 is 0. The Kier molecular flexibility index (Phi) is 5.62. The molecule has 0 spiro atoms. The maximum Gasteiger partial charge on any atom is 0.416 e. The Balaban J connectivity index is 1.42. The third-order valence-corrected chi connectivity index (χ3v) is 5.88. The van der Waals surface area contributed by atoms with Crippen molar-refractivity contribution in [3.05, 3.63) is 88.4 Å². The summed E-state index contributed by atoms with van der Waals surface area (Å²) < 4.78 is 55.7. The molecule has 0 radical (unpaired) electrons. The number of amides is 1. The molecule has 2 aromatic heterocycles. The number of rotatable bonds is 6. The molecule has 1 aliphatic carbocycles. The Labute approximate surface area is 196 Å². The Morgan fingerprint density at radius 3 is 2.60 bits per heavy atom. The summed E-state index contributed by atoms with van der Waals surface area (Å²) in [7, 11) is 0. The first kappa shape index (κ1) is 22.8. The maximum absolute atomic E-state index is 14.1. The molecule has 7 nitrogen and oxygen atoms in total. The largest absolute Gasteiger partial charge is 0.416 e. The van der Waals surface area contributed by atoms with Crippen LogP contribution in [0, 0.1) is 5.82 Å². The summed E-state index contributed by atoms with van der Waals surface area (Å²) in [5.74, 6) is -0.766. The molecule has 0 saturated heterocycles. The Morgan fingerprint density at radius 1 is 1.11 bits per heavy atom. The van der Waals surface area contributed by atoms with Crippen molar-refractivity contribution in [3.63, 3.8) is 0 Å². The van der Waals surface area contributed by atoms with E-state index in [-0.39, 0.29) is 41.8 Å². The van der Waals surface area contributed by atoms with Crippen molar-refractivity contribution in [2.75, 3.05) is 0 Å². The van der Waals surface area contributed by atoms with Crippen LogP contribution in [0.15, 0.2) is 65.8 Å². The molecule has 0 bridgehead atoms. The molecular weight excluding hydrogens is 466 g/mol. The quantitative estimate of drug-likeness (QED) is 0.388. The number of hydrogen-bond donors (Lipinski definition) is 0. The van der Waals surface area contributed by atoms with Crippen molar-refractivity contribution in [2.24, 2.45) is 0 Å². The van der Waals surface area contributed by atoms with Crippen LogP contribution in [0.25, 0.3) is 16.7 Å². The van der Waals surface area contributed by atoms with Gasteiger partial charge in [0.2, 0.25) is 5.91 Å². The number of benzene rings is 2. The molecule has 4 aromatic rings. The predicted octanol–water partition coefficient (Wildman–Crippen LogP) is 3.93. The van der Waals surface area contributed by atoms with Gasteiger partial charge in [0, 0.05) is 18.2 Å². The maximum atomic E-state index is 14.1. The van der Waals surface area contributed by atoms with E-state index in [2.05, 4.69) is 10.1 Å². The van der Waals surface area contributed by atoms with Gasteiger partial charge in [0.25, 0.3) is 5.56 Å². The van der Waals surface area contributed by atoms with Gasteiger partial charge in [-0.15, -0.1) is 0 Å². The lowest BCUT2D eigenvalue weighted by atomic mass is 10.2. The highest BCUT2D eigenvalue weighted by Gasteiger charge is 2.33. The van der Waals surface area contributed by atoms with E-state index < -0.39 is 23.1 Å². The number of carbonyl (C=O) groups is 1. The van der Waals surface area contributed by atoms with E-state index in [0.717, 1.165) is 34.2 Å². The number of halogens is 4. The third kappa shape index (κ3) is 4.53. The van der Waals surface area contributed by atoms with Crippen molar-refractivity contribution in [3.8, 4) is 5.69 Å². The number of nitrogens with zero attached hydrogens (tertiary/aromatic N) is 5. The summed E-state index contributed by atoms with van der Waals surface area (Å²) in [4.78, 5) is 31.8. The van der Waals surface area contributed by atoms with Crippen molar-refractivity contribution in [1.82, 2.24) is 24.2 Å². The fourth-order valence-corrected chi connectivity index (χ4v) is 3.92. The van der Waals surface area contributed by atoms with Crippen LogP contribution < -0.4 is 5.56 Å². The lowest BCUT2D eigenvalue weighted by molar-refractivity contribution is -0.137. The SMILES string of the molecule is O=C(Cn1cnc2c(cnn2-c2cccc(C(F)(F)F)c2)c1=O)N(Cc1ccccc1F)C1CC1. The molecule has 2 heterocycles. The topological polar surface area (TPSA) is 73.0 Å². The van der Waals surface area contributed by atoms with Gasteiger partial charge in [0.1, 0.15) is 24.1 Å². The highest BCUT2D eigenvalue weighted by Crippen LogP contribution is 2.31. The number of carbonyl (C=O) groups excluding carboxylic acids is 1. The van der Waals surface area contributed by atoms with Crippen LogP contribution in [-0.2, 0) is 24.1 Å². The average molecular weight is 485 g/mol. The molecule has 0 N–H and O–H groups in total. The van der Waals surface area contributed by atoms with E-state index in [1.165, 1.54) is 30.7 Å². The molecular formula is C24H19F4N5O2. The lowest BCUT2D eigenvalue weighted by Gasteiger charge is -2.23. The molecule has 0 unspecified atom stereocenters. The molecule has 1 amide bonds. The number of fused-ring (bicyclic) bond motifs is 1. The van der Waals surface area contributed by atoms with E-state index in [0.29, 0.717) is 5.56 Å². The first-order valence-corrected chi connectivity index (χ1v) is 10.9. The summed E-state index contributed by atoms with van der Waals surface area (Å²) in [6.07, 6.45) is -0.547. The molecule has 35 heavy (non-hydrogen) atoms. The highest BCUT2D eigenvalue weighted by molar-refractivity contribution is 5.78. The smallest absolute Gasteiger partial charge is 0.334 e. The Hall–Kier alpha value is -4.02. The van der Waals surface area contributed by atoms with Crippen molar-refractivity contribution < 1.29 is 22.4 Å². The fourth-order valence-electron chi connectivity index (χ4n) is 3.92. The van der Waals surface area contributed by atoms with E-state index in [4.69, 9.17) is 0 Å². The number of aromatic nitrogens is 4. The molecule has 2 aromatic carbocycles. The van der Waals surface area contributed by atoms with Crippen LogP contribution in [0.1, 0.15) is 24.0 Å². The minimum absolute atomic E-state index is 0.0156. The van der Waals surface area contributed by atoms with Gasteiger partial charge < -0.3 is 4.90 Å². The molecule has 1 saturated carbocycles. The molecule has 1 fully saturated rings. The Bertz CT molecular complexity index is 1470. The zero-order valence-corrected chi connectivity index (χ0v) is 18.2. The van der Waals surface area contributed by atoms with Gasteiger partial charge >= 0.3 is 6.18 Å². The monoisotopic (exact) mass is 485 g/mol. The fraction of sp³-hybridized carbons (Fsp3) is 0.250. The molecule has 1 aliphatic rings. The van der Waals surface area contributed by atoms with Gasteiger partial charge in [-0.1, -0.05) is 24.3 Å². The van der Waals surface area contributed by atoms with Crippen LogP contribution in [0.2, 0.25) is 0 Å². The van der Waals surface area contributed by atoms with E-state index in [9.17, 15) is 27.2 Å². The van der Waals surface area contributed by atoms with Gasteiger partial charge in [-0.2, -0.15) is 18.3 Å². The average Bonchev–Trinajstić information content (AvgIpc) is 3.57. The standard InChI is InChI=1S/C24H19F4N5O2/c25-20-7-2-1-4-15(20)12-32(17-8-9-17)21(34)13-31-14-29-22-19(23(31)35)11-30-33(22)18-6-3-5-16(10-18)24(26,27)28/h1-7,10-11,14,17H,8-9,12-13H2. The highest BCUT2D eigenvalue weighted by atomic mass is 19.4. The second-order valence-corrected chi connectivity index (χ2v) is 8.36. The third-order valence-electron chi connectivity index (χ3n) is 5.88. The van der Waals surface area contributed by atoms with Gasteiger partial charge in [-0.3, -0.25) is 14.2 Å². The van der Waals surface area contributed by atoms with E-state index >= 15 is 0 Å². The van der Waals surface area contributed by atoms with Gasteiger partial charge in [-0.05, 0) is 37.1 Å². The van der Waals surface area contributed by atoms with Crippen molar-refractivity contribution >= 4 is 16.9 Å². The molecule has 0 atom stereocenters. The zero-order valence-electron chi connectivity index (χ0n) is 18.2. The first-order chi connectivity index (χ1) is 16.7. The lowest BCUT2D eigenvalue weighted by Crippen LogP contribution is -2.37. The van der Waals surface area contributed by atoms with Crippen LogP contribution in [0.3, 0.4) is 0 Å². The van der Waals surface area contributed by atoms with Gasteiger partial charge in [0.15, 0.2) is 5.65 Å². The molecule has 180 valence electrons.